The SMILES string of the molecule is CC(CCO)CNC(=O)Nc1ccc(OC(C)(C)C)cc1. The Morgan fingerprint density at radius 2 is 1.90 bits per heavy atom. The van der Waals surface area contributed by atoms with Crippen molar-refractivity contribution in [3.8, 4) is 5.75 Å². The molecule has 0 heterocycles. The summed E-state index contributed by atoms with van der Waals surface area (Å²) in [4.78, 5) is 11.7. The van der Waals surface area contributed by atoms with Gasteiger partial charge in [-0.05, 0) is 57.4 Å². The highest BCUT2D eigenvalue weighted by Gasteiger charge is 2.11. The van der Waals surface area contributed by atoms with Gasteiger partial charge in [-0.25, -0.2) is 4.79 Å². The summed E-state index contributed by atoms with van der Waals surface area (Å²) in [7, 11) is 0. The Balaban J connectivity index is 2.43. The second-order valence-corrected chi connectivity index (χ2v) is 6.19. The Hall–Kier alpha value is -1.75. The molecule has 0 spiro atoms. The number of urea groups is 1. The molecule has 5 heteroatoms. The molecule has 0 radical (unpaired) electrons. The zero-order valence-corrected chi connectivity index (χ0v) is 13.3. The molecule has 0 fully saturated rings. The molecule has 1 rings (SSSR count). The van der Waals surface area contributed by atoms with E-state index in [1.807, 2.05) is 39.8 Å². The number of hydrogen-bond acceptors (Lipinski definition) is 3. The summed E-state index contributed by atoms with van der Waals surface area (Å²) >= 11 is 0. The lowest BCUT2D eigenvalue weighted by Crippen LogP contribution is -2.32. The molecular formula is C16H26N2O3. The third-order valence-corrected chi connectivity index (χ3v) is 2.77. The molecule has 0 aliphatic rings. The predicted molar refractivity (Wildman–Crippen MR) is 84.7 cm³/mol. The Bertz CT molecular complexity index is 438. The van der Waals surface area contributed by atoms with E-state index in [1.165, 1.54) is 0 Å². The van der Waals surface area contributed by atoms with E-state index < -0.39 is 0 Å². The van der Waals surface area contributed by atoms with Crippen molar-refractivity contribution in [1.29, 1.82) is 0 Å². The van der Waals surface area contributed by atoms with E-state index in [2.05, 4.69) is 10.6 Å². The molecule has 1 unspecified atom stereocenters. The fourth-order valence-electron chi connectivity index (χ4n) is 1.72. The molecule has 118 valence electrons. The number of amides is 2. The minimum atomic E-state index is -0.246. The molecule has 21 heavy (non-hydrogen) atoms. The highest BCUT2D eigenvalue weighted by Crippen LogP contribution is 2.20. The Labute approximate surface area is 126 Å². The van der Waals surface area contributed by atoms with Crippen LogP contribution in [0.1, 0.15) is 34.1 Å². The van der Waals surface area contributed by atoms with Crippen LogP contribution in [0.5, 0.6) is 5.75 Å². The average Bonchev–Trinajstić information content (AvgIpc) is 2.37. The molecule has 5 nitrogen and oxygen atoms in total. The van der Waals surface area contributed by atoms with Gasteiger partial charge < -0.3 is 20.5 Å². The number of benzene rings is 1. The summed E-state index contributed by atoms with van der Waals surface area (Å²) in [6.07, 6.45) is 0.680. The van der Waals surface area contributed by atoms with Crippen molar-refractivity contribution < 1.29 is 14.6 Å². The van der Waals surface area contributed by atoms with Crippen molar-refractivity contribution in [1.82, 2.24) is 5.32 Å². The van der Waals surface area contributed by atoms with Crippen LogP contribution in [0.15, 0.2) is 24.3 Å². The van der Waals surface area contributed by atoms with Crippen molar-refractivity contribution >= 4 is 11.7 Å². The first-order valence-corrected chi connectivity index (χ1v) is 7.25. The van der Waals surface area contributed by atoms with Gasteiger partial charge in [0.1, 0.15) is 11.4 Å². The van der Waals surface area contributed by atoms with Crippen LogP contribution < -0.4 is 15.4 Å². The summed E-state index contributed by atoms with van der Waals surface area (Å²) in [5.74, 6) is 1.02. The summed E-state index contributed by atoms with van der Waals surface area (Å²) in [5.41, 5.74) is 0.471. The summed E-state index contributed by atoms with van der Waals surface area (Å²) in [6.45, 7) is 8.62. The molecule has 2 amide bonds. The van der Waals surface area contributed by atoms with Gasteiger partial charge in [0.25, 0.3) is 0 Å². The van der Waals surface area contributed by atoms with Crippen LogP contribution >= 0.6 is 0 Å². The summed E-state index contributed by atoms with van der Waals surface area (Å²) in [6, 6.07) is 7.02. The van der Waals surface area contributed by atoms with E-state index in [0.717, 1.165) is 5.75 Å². The normalized spacial score (nSPS) is 12.6. The maximum absolute atomic E-state index is 11.7. The molecule has 0 aromatic heterocycles. The Morgan fingerprint density at radius 3 is 2.43 bits per heavy atom. The predicted octanol–water partition coefficient (Wildman–Crippen LogP) is 3.00. The van der Waals surface area contributed by atoms with Crippen molar-refractivity contribution in [2.75, 3.05) is 18.5 Å². The Morgan fingerprint density at radius 1 is 1.29 bits per heavy atom. The summed E-state index contributed by atoms with van der Waals surface area (Å²) in [5, 5.41) is 14.3. The van der Waals surface area contributed by atoms with Gasteiger partial charge in [0, 0.05) is 18.8 Å². The largest absolute Gasteiger partial charge is 0.488 e. The number of nitrogens with one attached hydrogen (secondary N) is 2. The minimum Gasteiger partial charge on any atom is -0.488 e. The quantitative estimate of drug-likeness (QED) is 0.755. The topological polar surface area (TPSA) is 70.6 Å². The van der Waals surface area contributed by atoms with E-state index in [1.54, 1.807) is 12.1 Å². The first kappa shape index (κ1) is 17.3. The van der Waals surface area contributed by atoms with Crippen LogP contribution in [-0.4, -0.2) is 29.9 Å². The molecule has 1 aromatic rings. The third kappa shape index (κ3) is 7.56. The smallest absolute Gasteiger partial charge is 0.319 e. The number of aliphatic hydroxyl groups excluding tert-OH is 1. The lowest BCUT2D eigenvalue weighted by atomic mass is 10.1. The van der Waals surface area contributed by atoms with Gasteiger partial charge in [0.05, 0.1) is 0 Å². The molecule has 0 saturated heterocycles. The van der Waals surface area contributed by atoms with Gasteiger partial charge in [-0.3, -0.25) is 0 Å². The van der Waals surface area contributed by atoms with Crippen LogP contribution in [0.3, 0.4) is 0 Å². The molecule has 0 aliphatic carbocycles. The average molecular weight is 294 g/mol. The van der Waals surface area contributed by atoms with E-state index in [-0.39, 0.29) is 24.2 Å². The zero-order chi connectivity index (χ0) is 15.9. The van der Waals surface area contributed by atoms with Crippen LogP contribution in [0.2, 0.25) is 0 Å². The van der Waals surface area contributed by atoms with E-state index in [9.17, 15) is 4.79 Å². The zero-order valence-electron chi connectivity index (χ0n) is 13.3. The third-order valence-electron chi connectivity index (χ3n) is 2.77. The van der Waals surface area contributed by atoms with Crippen LogP contribution in [0.25, 0.3) is 0 Å². The standard InChI is InChI=1S/C16H26N2O3/c1-12(9-10-19)11-17-15(20)18-13-5-7-14(8-6-13)21-16(2,3)4/h5-8,12,19H,9-11H2,1-4H3,(H2,17,18,20). The highest BCUT2D eigenvalue weighted by atomic mass is 16.5. The number of aliphatic hydroxyl groups is 1. The monoisotopic (exact) mass is 294 g/mol. The second-order valence-electron chi connectivity index (χ2n) is 6.19. The molecule has 0 saturated carbocycles. The number of hydrogen-bond donors (Lipinski definition) is 3. The first-order valence-electron chi connectivity index (χ1n) is 7.25. The molecular weight excluding hydrogens is 268 g/mol. The fraction of sp³-hybridized carbons (Fsp3) is 0.562. The van der Waals surface area contributed by atoms with E-state index >= 15 is 0 Å². The van der Waals surface area contributed by atoms with Crippen molar-refractivity contribution in [2.45, 2.75) is 39.7 Å². The van der Waals surface area contributed by atoms with Gasteiger partial charge in [-0.1, -0.05) is 6.92 Å². The highest BCUT2D eigenvalue weighted by molar-refractivity contribution is 5.89. The van der Waals surface area contributed by atoms with E-state index in [4.69, 9.17) is 9.84 Å². The molecule has 0 aliphatic heterocycles. The van der Waals surface area contributed by atoms with Gasteiger partial charge in [0.2, 0.25) is 0 Å². The maximum atomic E-state index is 11.7. The lowest BCUT2D eigenvalue weighted by Gasteiger charge is -2.21. The van der Waals surface area contributed by atoms with Crippen LogP contribution in [-0.2, 0) is 0 Å². The summed E-state index contributed by atoms with van der Waals surface area (Å²) < 4.78 is 5.72. The van der Waals surface area contributed by atoms with E-state index in [0.29, 0.717) is 18.7 Å². The maximum Gasteiger partial charge on any atom is 0.319 e. The van der Waals surface area contributed by atoms with Gasteiger partial charge in [-0.15, -0.1) is 0 Å². The Kier molecular flexibility index (Phi) is 6.49. The van der Waals surface area contributed by atoms with Crippen molar-refractivity contribution in [2.24, 2.45) is 5.92 Å². The molecule has 1 atom stereocenters. The number of ether oxygens (including phenoxy) is 1. The minimum absolute atomic E-state index is 0.139. The van der Waals surface area contributed by atoms with Crippen LogP contribution in [0.4, 0.5) is 10.5 Å². The molecule has 1 aromatic carbocycles. The number of anilines is 1. The lowest BCUT2D eigenvalue weighted by molar-refractivity contribution is 0.131. The first-order chi connectivity index (χ1) is 9.80. The molecule has 3 N–H and O–H groups in total. The number of rotatable bonds is 6. The van der Waals surface area contributed by atoms with Crippen LogP contribution in [0, 0.1) is 5.92 Å². The van der Waals surface area contributed by atoms with Crippen molar-refractivity contribution in [3.05, 3.63) is 24.3 Å². The van der Waals surface area contributed by atoms with Gasteiger partial charge >= 0.3 is 6.03 Å². The fourth-order valence-corrected chi connectivity index (χ4v) is 1.72. The second kappa shape index (κ2) is 7.88. The molecule has 0 bridgehead atoms. The van der Waals surface area contributed by atoms with Crippen molar-refractivity contribution in [3.63, 3.8) is 0 Å². The number of carbonyl (C=O) groups is 1. The number of carbonyl (C=O) groups excluding carboxylic acids is 1. The van der Waals surface area contributed by atoms with Gasteiger partial charge in [-0.2, -0.15) is 0 Å². The van der Waals surface area contributed by atoms with Gasteiger partial charge in [0.15, 0.2) is 0 Å².